The van der Waals surface area contributed by atoms with Crippen molar-refractivity contribution in [1.29, 1.82) is 0 Å². The number of carboxylic acids is 1. The van der Waals surface area contributed by atoms with Crippen LogP contribution in [0.2, 0.25) is 0 Å². The van der Waals surface area contributed by atoms with Crippen molar-refractivity contribution in [1.82, 2.24) is 9.97 Å². The average Bonchev–Trinajstić information content (AvgIpc) is 3.26. The molecule has 1 atom stereocenters. The minimum absolute atomic E-state index is 0.0422. The topological polar surface area (TPSA) is 66.0 Å². The summed E-state index contributed by atoms with van der Waals surface area (Å²) in [4.78, 5) is 19.3. The van der Waals surface area contributed by atoms with Crippen LogP contribution in [-0.2, 0) is 17.4 Å². The first-order valence-electron chi connectivity index (χ1n) is 10.7. The third-order valence-corrected chi connectivity index (χ3v) is 7.10. The number of aliphatic carboxylic acids is 1. The SMILES string of the molecule is Cc1cc(SC(c2cc(C(F)(F)F)ccc2C)c2cccc3[nH]cnc23)ccc1CCC(=O)O. The van der Waals surface area contributed by atoms with Gasteiger partial charge in [-0.3, -0.25) is 4.79 Å². The zero-order valence-electron chi connectivity index (χ0n) is 18.6. The fourth-order valence-corrected chi connectivity index (χ4v) is 5.36. The van der Waals surface area contributed by atoms with Crippen molar-refractivity contribution in [3.63, 3.8) is 0 Å². The maximum absolute atomic E-state index is 13.6. The maximum Gasteiger partial charge on any atom is 0.416 e. The number of hydrogen-bond acceptors (Lipinski definition) is 3. The molecule has 0 aliphatic carbocycles. The van der Waals surface area contributed by atoms with Crippen molar-refractivity contribution >= 4 is 28.8 Å². The summed E-state index contributed by atoms with van der Waals surface area (Å²) in [7, 11) is 0. The Hall–Kier alpha value is -3.26. The number of aryl methyl sites for hydroxylation is 3. The van der Waals surface area contributed by atoms with Gasteiger partial charge in [-0.1, -0.05) is 24.3 Å². The number of aromatic amines is 1. The predicted molar refractivity (Wildman–Crippen MR) is 127 cm³/mol. The molecule has 0 aliphatic rings. The van der Waals surface area contributed by atoms with Crippen LogP contribution in [0.15, 0.2) is 65.8 Å². The molecule has 1 aromatic heterocycles. The van der Waals surface area contributed by atoms with Gasteiger partial charge in [-0.25, -0.2) is 4.98 Å². The molecule has 0 saturated carbocycles. The first-order chi connectivity index (χ1) is 16.1. The lowest BCUT2D eigenvalue weighted by Gasteiger charge is -2.22. The molecule has 0 aliphatic heterocycles. The predicted octanol–water partition coefficient (Wildman–Crippen LogP) is 7.10. The first kappa shape index (κ1) is 23.9. The molecule has 1 heterocycles. The van der Waals surface area contributed by atoms with Gasteiger partial charge in [0.15, 0.2) is 0 Å². The number of nitrogens with one attached hydrogen (secondary N) is 1. The lowest BCUT2D eigenvalue weighted by Crippen LogP contribution is -2.08. The van der Waals surface area contributed by atoms with Crippen LogP contribution in [0.1, 0.15) is 45.1 Å². The average molecular weight is 485 g/mol. The summed E-state index contributed by atoms with van der Waals surface area (Å²) in [6.07, 6.45) is -2.40. The van der Waals surface area contributed by atoms with Crippen molar-refractivity contribution in [3.05, 3.63) is 94.3 Å². The van der Waals surface area contributed by atoms with Gasteiger partial charge in [0.1, 0.15) is 0 Å². The molecule has 0 bridgehead atoms. The van der Waals surface area contributed by atoms with Gasteiger partial charge in [0.25, 0.3) is 0 Å². The molecule has 0 saturated heterocycles. The number of para-hydroxylation sites is 1. The molecule has 0 fully saturated rings. The minimum Gasteiger partial charge on any atom is -0.481 e. The minimum atomic E-state index is -4.45. The fourth-order valence-electron chi connectivity index (χ4n) is 3.99. The highest BCUT2D eigenvalue weighted by Gasteiger charge is 2.32. The molecule has 8 heteroatoms. The highest BCUT2D eigenvalue weighted by molar-refractivity contribution is 7.99. The molecule has 0 amide bonds. The summed E-state index contributed by atoms with van der Waals surface area (Å²) in [5.41, 5.74) is 4.87. The van der Waals surface area contributed by atoms with Crippen LogP contribution < -0.4 is 0 Å². The monoisotopic (exact) mass is 484 g/mol. The summed E-state index contributed by atoms with van der Waals surface area (Å²) in [6.45, 7) is 3.73. The van der Waals surface area contributed by atoms with E-state index in [1.54, 1.807) is 6.33 Å². The number of alkyl halides is 3. The van der Waals surface area contributed by atoms with Gasteiger partial charge < -0.3 is 10.1 Å². The molecule has 34 heavy (non-hydrogen) atoms. The van der Waals surface area contributed by atoms with Crippen molar-refractivity contribution in [3.8, 4) is 0 Å². The van der Waals surface area contributed by atoms with E-state index in [4.69, 9.17) is 5.11 Å². The van der Waals surface area contributed by atoms with Gasteiger partial charge in [-0.15, -0.1) is 11.8 Å². The van der Waals surface area contributed by atoms with Crippen molar-refractivity contribution in [2.75, 3.05) is 0 Å². The van der Waals surface area contributed by atoms with Gasteiger partial charge in [0.05, 0.1) is 28.2 Å². The molecular weight excluding hydrogens is 461 g/mol. The normalized spacial score (nSPS) is 12.7. The van der Waals surface area contributed by atoms with E-state index in [0.717, 1.165) is 38.7 Å². The van der Waals surface area contributed by atoms with Gasteiger partial charge in [-0.2, -0.15) is 13.2 Å². The van der Waals surface area contributed by atoms with Gasteiger partial charge in [-0.05, 0) is 78.4 Å². The molecular formula is C26H23F3N2O2S. The Labute approximate surface area is 199 Å². The van der Waals surface area contributed by atoms with Crippen molar-refractivity contribution in [2.45, 2.75) is 43.0 Å². The number of hydrogen-bond donors (Lipinski definition) is 2. The number of halogens is 3. The first-order valence-corrected chi connectivity index (χ1v) is 11.6. The Morgan fingerprint density at radius 3 is 2.56 bits per heavy atom. The highest BCUT2D eigenvalue weighted by atomic mass is 32.2. The molecule has 4 nitrogen and oxygen atoms in total. The maximum atomic E-state index is 13.6. The Bertz CT molecular complexity index is 1350. The quantitative estimate of drug-likeness (QED) is 0.275. The standard InChI is InChI=1S/C26H23F3N2O2S/c1-15-6-9-18(26(27,28)29)13-21(15)25(20-4-3-5-22-24(20)31-14-30-22)34-19-10-7-17(16(2)12-19)8-11-23(32)33/h3-7,9-10,12-14,25H,8,11H2,1-2H3,(H,30,31)(H,32,33). The Morgan fingerprint density at radius 2 is 1.85 bits per heavy atom. The van der Waals surface area contributed by atoms with E-state index in [1.165, 1.54) is 23.9 Å². The van der Waals surface area contributed by atoms with Gasteiger partial charge >= 0.3 is 12.1 Å². The van der Waals surface area contributed by atoms with E-state index in [9.17, 15) is 18.0 Å². The van der Waals surface area contributed by atoms with Crippen LogP contribution in [0.5, 0.6) is 0 Å². The third-order valence-electron chi connectivity index (χ3n) is 5.83. The summed E-state index contributed by atoms with van der Waals surface area (Å²) < 4.78 is 40.7. The van der Waals surface area contributed by atoms with Gasteiger partial charge in [0.2, 0.25) is 0 Å². The Balaban J connectivity index is 1.80. The lowest BCUT2D eigenvalue weighted by atomic mass is 9.96. The lowest BCUT2D eigenvalue weighted by molar-refractivity contribution is -0.138. The van der Waals surface area contributed by atoms with Crippen molar-refractivity contribution in [2.24, 2.45) is 0 Å². The fraction of sp³-hybridized carbons (Fsp3) is 0.231. The number of fused-ring (bicyclic) bond motifs is 1. The van der Waals surface area contributed by atoms with E-state index < -0.39 is 23.0 Å². The van der Waals surface area contributed by atoms with Gasteiger partial charge in [0, 0.05) is 11.3 Å². The summed E-state index contributed by atoms with van der Waals surface area (Å²) in [6, 6.07) is 15.2. The smallest absolute Gasteiger partial charge is 0.416 e. The van der Waals surface area contributed by atoms with E-state index >= 15 is 0 Å². The molecule has 1 unspecified atom stereocenters. The molecule has 4 rings (SSSR count). The zero-order valence-corrected chi connectivity index (χ0v) is 19.4. The number of carboxylic acid groups (broad SMARTS) is 1. The molecule has 4 aromatic rings. The summed E-state index contributed by atoms with van der Waals surface area (Å²) in [5.74, 6) is -0.856. The van der Waals surface area contributed by atoms with Crippen LogP contribution in [0.25, 0.3) is 11.0 Å². The second-order valence-corrected chi connectivity index (χ2v) is 9.37. The number of aromatic nitrogens is 2. The molecule has 0 spiro atoms. The Morgan fingerprint density at radius 1 is 1.06 bits per heavy atom. The van der Waals surface area contributed by atoms with Crippen LogP contribution in [-0.4, -0.2) is 21.0 Å². The molecule has 3 aromatic carbocycles. The van der Waals surface area contributed by atoms with E-state index in [0.29, 0.717) is 17.5 Å². The number of H-pyrrole nitrogens is 1. The number of rotatable bonds is 7. The largest absolute Gasteiger partial charge is 0.481 e. The number of carbonyl (C=O) groups is 1. The second-order valence-electron chi connectivity index (χ2n) is 8.19. The number of benzene rings is 3. The highest BCUT2D eigenvalue weighted by Crippen LogP contribution is 2.45. The molecule has 0 radical (unpaired) electrons. The Kier molecular flexibility index (Phi) is 6.70. The molecule has 2 N–H and O–H groups in total. The van der Waals surface area contributed by atoms with E-state index in [-0.39, 0.29) is 6.42 Å². The zero-order chi connectivity index (χ0) is 24.5. The molecule has 176 valence electrons. The van der Waals surface area contributed by atoms with Crippen LogP contribution >= 0.6 is 11.8 Å². The summed E-state index contributed by atoms with van der Waals surface area (Å²) >= 11 is 1.46. The van der Waals surface area contributed by atoms with Crippen molar-refractivity contribution < 1.29 is 23.1 Å². The number of imidazole rings is 1. The van der Waals surface area contributed by atoms with Crippen LogP contribution in [0.4, 0.5) is 13.2 Å². The number of nitrogens with zero attached hydrogens (tertiary/aromatic N) is 1. The van der Waals surface area contributed by atoms with E-state index in [1.807, 2.05) is 50.2 Å². The van der Waals surface area contributed by atoms with Crippen LogP contribution in [0.3, 0.4) is 0 Å². The van der Waals surface area contributed by atoms with E-state index in [2.05, 4.69) is 9.97 Å². The third kappa shape index (κ3) is 5.12. The number of thioether (sulfide) groups is 1. The van der Waals surface area contributed by atoms with Crippen LogP contribution in [0, 0.1) is 13.8 Å². The summed E-state index contributed by atoms with van der Waals surface area (Å²) in [5, 5.41) is 8.54. The second kappa shape index (κ2) is 9.54.